The number of carbonyl (C=O) groups is 1. The Morgan fingerprint density at radius 2 is 2.08 bits per heavy atom. The number of ether oxygens (including phenoxy) is 1. The smallest absolute Gasteiger partial charge is 0.264 e. The lowest BCUT2D eigenvalue weighted by molar-refractivity contribution is -0.120. The highest BCUT2D eigenvalue weighted by atomic mass is 16.5. The molecular weight excluding hydrogens is 320 g/mol. The molecule has 0 atom stereocenters. The van der Waals surface area contributed by atoms with Crippen LogP contribution in [0.2, 0.25) is 0 Å². The molecule has 0 saturated heterocycles. The Morgan fingerprint density at radius 3 is 2.72 bits per heavy atom. The first-order valence-electron chi connectivity index (χ1n) is 8.36. The minimum absolute atomic E-state index is 0.0508. The number of amides is 1. The molecule has 1 aliphatic rings. The molecule has 3 rings (SSSR count). The number of benzene rings is 1. The van der Waals surface area contributed by atoms with Crippen molar-refractivity contribution < 1.29 is 14.6 Å². The van der Waals surface area contributed by atoms with E-state index in [4.69, 9.17) is 4.74 Å². The van der Waals surface area contributed by atoms with Crippen LogP contribution in [0.1, 0.15) is 39.4 Å². The predicted molar refractivity (Wildman–Crippen MR) is 94.7 cm³/mol. The van der Waals surface area contributed by atoms with Crippen LogP contribution in [0, 0.1) is 0 Å². The van der Waals surface area contributed by atoms with Crippen LogP contribution in [-0.2, 0) is 11.3 Å². The molecule has 2 aromatic rings. The summed E-state index contributed by atoms with van der Waals surface area (Å²) in [6.07, 6.45) is 0. The van der Waals surface area contributed by atoms with Crippen molar-refractivity contribution in [2.45, 2.75) is 45.8 Å². The number of rotatable bonds is 4. The number of likely N-dealkylation sites (N-methyl/N-ethyl adjacent to an activating group) is 1. The summed E-state index contributed by atoms with van der Waals surface area (Å²) in [4.78, 5) is 18.1. The molecule has 25 heavy (non-hydrogen) atoms. The van der Waals surface area contributed by atoms with Crippen molar-refractivity contribution in [3.63, 3.8) is 0 Å². The van der Waals surface area contributed by atoms with E-state index < -0.39 is 5.60 Å². The standard InChI is InChI=1S/C18H24N4O3/c1-11(2)16-19-17(22(20-16)10-18(3,4)24)12-6-7-14-13(8-12)21(5)15(23)9-25-14/h6-8,11,24H,9-10H2,1-5H3. The predicted octanol–water partition coefficient (Wildman–Crippen LogP) is 2.19. The van der Waals surface area contributed by atoms with Crippen molar-refractivity contribution >= 4 is 11.6 Å². The van der Waals surface area contributed by atoms with Crippen LogP contribution in [0.15, 0.2) is 18.2 Å². The zero-order chi connectivity index (χ0) is 18.4. The molecule has 0 spiro atoms. The molecule has 1 aromatic heterocycles. The van der Waals surface area contributed by atoms with Gasteiger partial charge in [0.2, 0.25) is 0 Å². The topological polar surface area (TPSA) is 80.5 Å². The second-order valence-electron chi connectivity index (χ2n) is 7.34. The molecule has 0 radical (unpaired) electrons. The fourth-order valence-electron chi connectivity index (χ4n) is 2.71. The summed E-state index contributed by atoms with van der Waals surface area (Å²) in [7, 11) is 1.73. The maximum absolute atomic E-state index is 11.9. The summed E-state index contributed by atoms with van der Waals surface area (Å²) < 4.78 is 7.20. The largest absolute Gasteiger partial charge is 0.482 e. The Labute approximate surface area is 147 Å². The van der Waals surface area contributed by atoms with E-state index in [-0.39, 0.29) is 18.4 Å². The van der Waals surface area contributed by atoms with Gasteiger partial charge in [-0.05, 0) is 32.0 Å². The van der Waals surface area contributed by atoms with Gasteiger partial charge >= 0.3 is 0 Å². The number of hydrogen-bond donors (Lipinski definition) is 1. The van der Waals surface area contributed by atoms with Gasteiger partial charge in [-0.25, -0.2) is 9.67 Å². The van der Waals surface area contributed by atoms with Gasteiger partial charge in [0.15, 0.2) is 18.3 Å². The Morgan fingerprint density at radius 1 is 1.36 bits per heavy atom. The van der Waals surface area contributed by atoms with E-state index in [1.165, 1.54) is 0 Å². The average molecular weight is 344 g/mol. The normalized spacial score (nSPS) is 14.7. The van der Waals surface area contributed by atoms with Gasteiger partial charge in [-0.15, -0.1) is 0 Å². The molecule has 134 valence electrons. The van der Waals surface area contributed by atoms with Gasteiger partial charge in [0.1, 0.15) is 5.75 Å². The van der Waals surface area contributed by atoms with Crippen LogP contribution in [-0.4, -0.2) is 45.0 Å². The number of aromatic nitrogens is 3. The van der Waals surface area contributed by atoms with Crippen LogP contribution >= 0.6 is 0 Å². The molecule has 7 heteroatoms. The summed E-state index contributed by atoms with van der Waals surface area (Å²) in [5.74, 6) is 2.14. The second kappa shape index (κ2) is 6.15. The van der Waals surface area contributed by atoms with Gasteiger partial charge in [0.05, 0.1) is 17.8 Å². The van der Waals surface area contributed by atoms with E-state index in [1.807, 2.05) is 32.0 Å². The van der Waals surface area contributed by atoms with Crippen LogP contribution in [0.5, 0.6) is 5.75 Å². The molecule has 0 unspecified atom stereocenters. The molecule has 0 bridgehead atoms. The number of aliphatic hydroxyl groups is 1. The van der Waals surface area contributed by atoms with Crippen molar-refractivity contribution in [3.05, 3.63) is 24.0 Å². The SMILES string of the molecule is CC(C)c1nc(-c2ccc3c(c2)N(C)C(=O)CO3)n(CC(C)(C)O)n1. The van der Waals surface area contributed by atoms with Crippen LogP contribution < -0.4 is 9.64 Å². The Hall–Kier alpha value is -2.41. The first-order valence-corrected chi connectivity index (χ1v) is 8.36. The van der Waals surface area contributed by atoms with E-state index in [0.717, 1.165) is 11.4 Å². The van der Waals surface area contributed by atoms with Gasteiger partial charge in [0, 0.05) is 18.5 Å². The molecule has 2 heterocycles. The summed E-state index contributed by atoms with van der Waals surface area (Å²) in [6.45, 7) is 7.91. The summed E-state index contributed by atoms with van der Waals surface area (Å²) in [5, 5.41) is 14.7. The number of hydrogen-bond acceptors (Lipinski definition) is 5. The van der Waals surface area contributed by atoms with E-state index in [9.17, 15) is 9.90 Å². The molecule has 1 aromatic carbocycles. The highest BCUT2D eigenvalue weighted by Crippen LogP contribution is 2.35. The Balaban J connectivity index is 2.08. The minimum atomic E-state index is -0.916. The molecule has 1 N–H and O–H groups in total. The van der Waals surface area contributed by atoms with Crippen molar-refractivity contribution in [1.82, 2.24) is 14.8 Å². The number of nitrogens with zero attached hydrogens (tertiary/aromatic N) is 4. The second-order valence-corrected chi connectivity index (χ2v) is 7.34. The van der Waals surface area contributed by atoms with E-state index in [2.05, 4.69) is 10.1 Å². The van der Waals surface area contributed by atoms with E-state index in [0.29, 0.717) is 23.8 Å². The highest BCUT2D eigenvalue weighted by Gasteiger charge is 2.25. The first-order chi connectivity index (χ1) is 11.7. The lowest BCUT2D eigenvalue weighted by Crippen LogP contribution is -2.35. The lowest BCUT2D eigenvalue weighted by atomic mass is 10.1. The lowest BCUT2D eigenvalue weighted by Gasteiger charge is -2.26. The van der Waals surface area contributed by atoms with E-state index >= 15 is 0 Å². The van der Waals surface area contributed by atoms with E-state index in [1.54, 1.807) is 30.5 Å². The van der Waals surface area contributed by atoms with Gasteiger partial charge in [-0.3, -0.25) is 4.79 Å². The Bertz CT molecular complexity index is 805. The summed E-state index contributed by atoms with van der Waals surface area (Å²) in [5.41, 5.74) is 0.617. The van der Waals surface area contributed by atoms with Crippen molar-refractivity contribution in [1.29, 1.82) is 0 Å². The van der Waals surface area contributed by atoms with Crippen LogP contribution in [0.3, 0.4) is 0 Å². The molecule has 1 amide bonds. The highest BCUT2D eigenvalue weighted by molar-refractivity contribution is 5.98. The monoisotopic (exact) mass is 344 g/mol. The van der Waals surface area contributed by atoms with Crippen molar-refractivity contribution in [2.75, 3.05) is 18.6 Å². The molecule has 0 fully saturated rings. The van der Waals surface area contributed by atoms with Gasteiger partial charge < -0.3 is 14.7 Å². The van der Waals surface area contributed by atoms with Gasteiger partial charge in [-0.1, -0.05) is 13.8 Å². The minimum Gasteiger partial charge on any atom is -0.482 e. The van der Waals surface area contributed by atoms with Crippen LogP contribution in [0.25, 0.3) is 11.4 Å². The molecule has 1 aliphatic heterocycles. The van der Waals surface area contributed by atoms with Crippen molar-refractivity contribution in [3.8, 4) is 17.1 Å². The zero-order valence-electron chi connectivity index (χ0n) is 15.3. The quantitative estimate of drug-likeness (QED) is 0.920. The fraction of sp³-hybridized carbons (Fsp3) is 0.500. The maximum Gasteiger partial charge on any atom is 0.264 e. The third-order valence-electron chi connectivity index (χ3n) is 4.04. The van der Waals surface area contributed by atoms with Crippen LogP contribution in [0.4, 0.5) is 5.69 Å². The van der Waals surface area contributed by atoms with Gasteiger partial charge in [-0.2, -0.15) is 5.10 Å². The fourth-order valence-corrected chi connectivity index (χ4v) is 2.71. The maximum atomic E-state index is 11.9. The van der Waals surface area contributed by atoms with Gasteiger partial charge in [0.25, 0.3) is 5.91 Å². The third kappa shape index (κ3) is 3.51. The number of carbonyl (C=O) groups excluding carboxylic acids is 1. The first kappa shape index (κ1) is 17.4. The summed E-state index contributed by atoms with van der Waals surface area (Å²) in [6, 6.07) is 5.62. The molecular formula is C18H24N4O3. The third-order valence-corrected chi connectivity index (χ3v) is 4.04. The molecule has 0 aliphatic carbocycles. The average Bonchev–Trinajstić information content (AvgIpc) is 2.93. The summed E-state index contributed by atoms with van der Waals surface area (Å²) >= 11 is 0. The molecule has 7 nitrogen and oxygen atoms in total. The molecule has 0 saturated carbocycles. The Kier molecular flexibility index (Phi) is 4.28. The number of anilines is 1. The number of fused-ring (bicyclic) bond motifs is 1. The zero-order valence-corrected chi connectivity index (χ0v) is 15.3. The van der Waals surface area contributed by atoms with Crippen molar-refractivity contribution in [2.24, 2.45) is 0 Å².